The lowest BCUT2D eigenvalue weighted by atomic mass is 9.94. The second kappa shape index (κ2) is 6.76. The number of fused-ring (bicyclic) bond motifs is 1. The predicted octanol–water partition coefficient (Wildman–Crippen LogP) is 4.86. The van der Waals surface area contributed by atoms with Crippen molar-refractivity contribution in [3.05, 3.63) is 90.4 Å². The van der Waals surface area contributed by atoms with Crippen molar-refractivity contribution in [1.29, 1.82) is 0 Å². The molecule has 126 valence electrons. The van der Waals surface area contributed by atoms with Crippen molar-refractivity contribution in [1.82, 2.24) is 9.97 Å². The summed E-state index contributed by atoms with van der Waals surface area (Å²) in [5.74, 6) is -0.175. The number of anilines is 1. The third kappa shape index (κ3) is 2.93. The number of nitrogens with one attached hydrogen (secondary N) is 1. The summed E-state index contributed by atoms with van der Waals surface area (Å²) in [7, 11) is 0. The Kier molecular flexibility index (Phi) is 4.15. The molecule has 4 rings (SSSR count). The van der Waals surface area contributed by atoms with Gasteiger partial charge in [0.2, 0.25) is 0 Å². The van der Waals surface area contributed by atoms with Gasteiger partial charge >= 0.3 is 0 Å². The molecule has 0 radical (unpaired) electrons. The molecule has 2 aromatic carbocycles. The van der Waals surface area contributed by atoms with Crippen LogP contribution in [0.25, 0.3) is 22.0 Å². The Morgan fingerprint density at radius 2 is 1.58 bits per heavy atom. The molecule has 4 nitrogen and oxygen atoms in total. The Morgan fingerprint density at radius 3 is 2.35 bits per heavy atom. The third-order valence-electron chi connectivity index (χ3n) is 4.30. The van der Waals surface area contributed by atoms with Gasteiger partial charge in [-0.1, -0.05) is 48.5 Å². The van der Waals surface area contributed by atoms with E-state index >= 15 is 0 Å². The molecule has 2 heterocycles. The highest BCUT2D eigenvalue weighted by atomic mass is 16.1. The fraction of sp³-hybridized carbons (Fsp3) is 0.0455. The number of hydrogen-bond donors (Lipinski definition) is 1. The maximum atomic E-state index is 13.1. The summed E-state index contributed by atoms with van der Waals surface area (Å²) >= 11 is 0. The van der Waals surface area contributed by atoms with E-state index in [1.165, 1.54) is 0 Å². The number of aromatic nitrogens is 2. The fourth-order valence-electron chi connectivity index (χ4n) is 3.15. The molecule has 0 aliphatic carbocycles. The molecule has 2 aromatic heterocycles. The van der Waals surface area contributed by atoms with Gasteiger partial charge in [0.1, 0.15) is 0 Å². The number of hydrogen-bond acceptors (Lipinski definition) is 3. The SMILES string of the molecule is Cc1nc2ccccc2c(-c2ccccc2)c1C(=O)Nc1ccncc1. The lowest BCUT2D eigenvalue weighted by molar-refractivity contribution is 0.102. The Labute approximate surface area is 151 Å². The van der Waals surface area contributed by atoms with Gasteiger partial charge in [-0.15, -0.1) is 0 Å². The van der Waals surface area contributed by atoms with Crippen LogP contribution in [0, 0.1) is 6.92 Å². The van der Waals surface area contributed by atoms with Gasteiger partial charge in [-0.2, -0.15) is 0 Å². The second-order valence-corrected chi connectivity index (χ2v) is 6.02. The quantitative estimate of drug-likeness (QED) is 0.580. The predicted molar refractivity (Wildman–Crippen MR) is 104 cm³/mol. The van der Waals surface area contributed by atoms with Crippen molar-refractivity contribution in [2.24, 2.45) is 0 Å². The lowest BCUT2D eigenvalue weighted by Crippen LogP contribution is -2.16. The molecule has 0 unspecified atom stereocenters. The van der Waals surface area contributed by atoms with E-state index in [0.29, 0.717) is 16.9 Å². The van der Waals surface area contributed by atoms with Crippen LogP contribution in [-0.4, -0.2) is 15.9 Å². The Bertz CT molecular complexity index is 1080. The average Bonchev–Trinajstić information content (AvgIpc) is 2.68. The minimum Gasteiger partial charge on any atom is -0.322 e. The molecule has 1 N–H and O–H groups in total. The van der Waals surface area contributed by atoms with Crippen LogP contribution in [0.2, 0.25) is 0 Å². The van der Waals surface area contributed by atoms with Crippen LogP contribution in [0.3, 0.4) is 0 Å². The van der Waals surface area contributed by atoms with E-state index in [9.17, 15) is 4.79 Å². The number of nitrogens with zero attached hydrogens (tertiary/aromatic N) is 2. The first-order chi connectivity index (χ1) is 12.7. The topological polar surface area (TPSA) is 54.9 Å². The Morgan fingerprint density at radius 1 is 0.885 bits per heavy atom. The third-order valence-corrected chi connectivity index (χ3v) is 4.30. The zero-order chi connectivity index (χ0) is 17.9. The highest BCUT2D eigenvalue weighted by Gasteiger charge is 2.20. The number of carbonyl (C=O) groups excluding carboxylic acids is 1. The summed E-state index contributed by atoms with van der Waals surface area (Å²) in [6.07, 6.45) is 3.30. The van der Waals surface area contributed by atoms with Gasteiger partial charge in [0.25, 0.3) is 5.91 Å². The Balaban J connectivity index is 1.93. The van der Waals surface area contributed by atoms with Crippen molar-refractivity contribution < 1.29 is 4.79 Å². The van der Waals surface area contributed by atoms with Crippen LogP contribution in [0.5, 0.6) is 0 Å². The second-order valence-electron chi connectivity index (χ2n) is 6.02. The standard InChI is InChI=1S/C22H17N3O/c1-15-20(22(26)25-17-11-13-23-14-12-17)21(16-7-3-2-4-8-16)18-9-5-6-10-19(18)24-15/h2-14H,1H3,(H,23,25,26). The van der Waals surface area contributed by atoms with Gasteiger partial charge in [-0.3, -0.25) is 14.8 Å². The van der Waals surface area contributed by atoms with Crippen molar-refractivity contribution in [2.45, 2.75) is 6.92 Å². The van der Waals surface area contributed by atoms with E-state index in [4.69, 9.17) is 0 Å². The van der Waals surface area contributed by atoms with Crippen LogP contribution in [-0.2, 0) is 0 Å². The number of amides is 1. The zero-order valence-electron chi connectivity index (χ0n) is 14.3. The first kappa shape index (κ1) is 16.0. The summed E-state index contributed by atoms with van der Waals surface area (Å²) < 4.78 is 0. The molecular weight excluding hydrogens is 322 g/mol. The van der Waals surface area contributed by atoms with Crippen LogP contribution in [0.15, 0.2) is 79.1 Å². The van der Waals surface area contributed by atoms with E-state index < -0.39 is 0 Å². The number of pyridine rings is 2. The minimum atomic E-state index is -0.175. The lowest BCUT2D eigenvalue weighted by Gasteiger charge is -2.16. The van der Waals surface area contributed by atoms with Crippen LogP contribution >= 0.6 is 0 Å². The molecular formula is C22H17N3O. The van der Waals surface area contributed by atoms with Gasteiger partial charge in [-0.05, 0) is 30.7 Å². The summed E-state index contributed by atoms with van der Waals surface area (Å²) in [6.45, 7) is 1.88. The number of rotatable bonds is 3. The summed E-state index contributed by atoms with van der Waals surface area (Å²) in [5, 5.41) is 3.92. The van der Waals surface area contributed by atoms with E-state index in [-0.39, 0.29) is 5.91 Å². The fourth-order valence-corrected chi connectivity index (χ4v) is 3.15. The molecule has 4 aromatic rings. The van der Waals surface area contributed by atoms with E-state index in [2.05, 4.69) is 15.3 Å². The molecule has 0 saturated heterocycles. The van der Waals surface area contributed by atoms with E-state index in [1.807, 2.05) is 61.5 Å². The van der Waals surface area contributed by atoms with Crippen molar-refractivity contribution in [2.75, 3.05) is 5.32 Å². The van der Waals surface area contributed by atoms with Gasteiger partial charge in [0, 0.05) is 29.0 Å². The van der Waals surface area contributed by atoms with Crippen LogP contribution in [0.1, 0.15) is 16.1 Å². The first-order valence-electron chi connectivity index (χ1n) is 8.40. The highest BCUT2D eigenvalue weighted by molar-refractivity contribution is 6.14. The molecule has 0 aliphatic heterocycles. The number of benzene rings is 2. The maximum absolute atomic E-state index is 13.1. The van der Waals surface area contributed by atoms with Crippen molar-refractivity contribution in [3.8, 4) is 11.1 Å². The van der Waals surface area contributed by atoms with Crippen molar-refractivity contribution >= 4 is 22.5 Å². The van der Waals surface area contributed by atoms with Gasteiger partial charge in [0.05, 0.1) is 16.8 Å². The molecule has 0 aliphatic rings. The van der Waals surface area contributed by atoms with E-state index in [1.54, 1.807) is 24.5 Å². The van der Waals surface area contributed by atoms with E-state index in [0.717, 1.165) is 22.0 Å². The molecule has 1 amide bonds. The van der Waals surface area contributed by atoms with Gasteiger partial charge < -0.3 is 5.32 Å². The van der Waals surface area contributed by atoms with Crippen molar-refractivity contribution in [3.63, 3.8) is 0 Å². The number of carbonyl (C=O) groups is 1. The molecule has 0 atom stereocenters. The molecule has 0 spiro atoms. The molecule has 4 heteroatoms. The zero-order valence-corrected chi connectivity index (χ0v) is 14.3. The smallest absolute Gasteiger partial charge is 0.258 e. The molecule has 0 fully saturated rings. The summed E-state index contributed by atoms with van der Waals surface area (Å²) in [6, 6.07) is 21.4. The highest BCUT2D eigenvalue weighted by Crippen LogP contribution is 2.33. The monoisotopic (exact) mass is 339 g/mol. The molecule has 0 saturated carbocycles. The molecule has 0 bridgehead atoms. The van der Waals surface area contributed by atoms with Gasteiger partial charge in [-0.25, -0.2) is 0 Å². The normalized spacial score (nSPS) is 10.7. The molecule has 26 heavy (non-hydrogen) atoms. The summed E-state index contributed by atoms with van der Waals surface area (Å²) in [4.78, 5) is 21.7. The largest absolute Gasteiger partial charge is 0.322 e. The van der Waals surface area contributed by atoms with Gasteiger partial charge in [0.15, 0.2) is 0 Å². The maximum Gasteiger partial charge on any atom is 0.258 e. The first-order valence-corrected chi connectivity index (χ1v) is 8.40. The van der Waals surface area contributed by atoms with Crippen LogP contribution in [0.4, 0.5) is 5.69 Å². The summed E-state index contributed by atoms with van der Waals surface area (Å²) in [5.41, 5.74) is 4.77. The number of aryl methyl sites for hydroxylation is 1. The average molecular weight is 339 g/mol. The minimum absolute atomic E-state index is 0.175. The number of para-hydroxylation sites is 1. The van der Waals surface area contributed by atoms with Crippen LogP contribution < -0.4 is 5.32 Å². The Hall–Kier alpha value is -3.53.